The van der Waals surface area contributed by atoms with Crippen LogP contribution in [0.2, 0.25) is 0 Å². The molecule has 0 fully saturated rings. The minimum atomic E-state index is 0.0711. The van der Waals surface area contributed by atoms with E-state index >= 15 is 0 Å². The summed E-state index contributed by atoms with van der Waals surface area (Å²) in [5.74, 6) is 0.884. The standard InChI is InChI=1S/C15H14O2/c1-11(16)12-6-5-7-13(10-12)14-8-3-4-9-15(14)17-2/h3-10H,1-2H3. The number of hydrogen-bond donors (Lipinski definition) is 0. The third-order valence-corrected chi connectivity index (χ3v) is 2.69. The first-order valence-electron chi connectivity index (χ1n) is 5.47. The highest BCUT2D eigenvalue weighted by molar-refractivity contribution is 5.95. The van der Waals surface area contributed by atoms with Gasteiger partial charge in [-0.1, -0.05) is 36.4 Å². The molecule has 2 aromatic carbocycles. The van der Waals surface area contributed by atoms with Crippen LogP contribution >= 0.6 is 0 Å². The monoisotopic (exact) mass is 226 g/mol. The maximum atomic E-state index is 11.4. The van der Waals surface area contributed by atoms with Crippen molar-refractivity contribution in [2.24, 2.45) is 0 Å². The zero-order valence-electron chi connectivity index (χ0n) is 9.94. The van der Waals surface area contributed by atoms with Crippen molar-refractivity contribution in [3.63, 3.8) is 0 Å². The van der Waals surface area contributed by atoms with E-state index in [0.29, 0.717) is 5.56 Å². The van der Waals surface area contributed by atoms with Gasteiger partial charge in [-0.15, -0.1) is 0 Å². The van der Waals surface area contributed by atoms with Crippen molar-refractivity contribution >= 4 is 5.78 Å². The highest BCUT2D eigenvalue weighted by atomic mass is 16.5. The number of methoxy groups -OCH3 is 1. The summed E-state index contributed by atoms with van der Waals surface area (Å²) >= 11 is 0. The predicted molar refractivity (Wildman–Crippen MR) is 68.4 cm³/mol. The Hall–Kier alpha value is -2.09. The van der Waals surface area contributed by atoms with Gasteiger partial charge in [-0.05, 0) is 24.6 Å². The molecule has 0 saturated carbocycles. The molecule has 0 spiro atoms. The van der Waals surface area contributed by atoms with Crippen molar-refractivity contribution in [2.75, 3.05) is 7.11 Å². The molecule has 0 saturated heterocycles. The Morgan fingerprint density at radius 2 is 1.82 bits per heavy atom. The van der Waals surface area contributed by atoms with E-state index in [9.17, 15) is 4.79 Å². The van der Waals surface area contributed by atoms with Crippen LogP contribution in [-0.2, 0) is 0 Å². The molecule has 0 N–H and O–H groups in total. The molecule has 0 radical (unpaired) electrons. The summed E-state index contributed by atoms with van der Waals surface area (Å²) in [6.45, 7) is 1.57. The first-order valence-corrected chi connectivity index (χ1v) is 5.47. The Balaban J connectivity index is 2.52. The molecule has 2 aromatic rings. The largest absolute Gasteiger partial charge is 0.496 e. The van der Waals surface area contributed by atoms with Crippen molar-refractivity contribution in [2.45, 2.75) is 6.92 Å². The molecule has 0 aliphatic carbocycles. The van der Waals surface area contributed by atoms with E-state index in [1.807, 2.05) is 48.5 Å². The predicted octanol–water partition coefficient (Wildman–Crippen LogP) is 3.56. The van der Waals surface area contributed by atoms with E-state index in [-0.39, 0.29) is 5.78 Å². The van der Waals surface area contributed by atoms with E-state index in [1.54, 1.807) is 14.0 Å². The van der Waals surface area contributed by atoms with E-state index in [1.165, 1.54) is 0 Å². The van der Waals surface area contributed by atoms with Crippen molar-refractivity contribution in [1.82, 2.24) is 0 Å². The number of para-hydroxylation sites is 1. The maximum Gasteiger partial charge on any atom is 0.159 e. The van der Waals surface area contributed by atoms with Crippen LogP contribution in [0.1, 0.15) is 17.3 Å². The number of ether oxygens (including phenoxy) is 1. The van der Waals surface area contributed by atoms with Gasteiger partial charge in [0.1, 0.15) is 5.75 Å². The van der Waals surface area contributed by atoms with Crippen LogP contribution in [0, 0.1) is 0 Å². The highest BCUT2D eigenvalue weighted by Crippen LogP contribution is 2.29. The van der Waals surface area contributed by atoms with Gasteiger partial charge in [0.25, 0.3) is 0 Å². The Labute approximate surface area is 101 Å². The smallest absolute Gasteiger partial charge is 0.159 e. The Bertz CT molecular complexity index is 544. The molecule has 0 unspecified atom stereocenters. The molecule has 86 valence electrons. The lowest BCUT2D eigenvalue weighted by molar-refractivity contribution is 0.101. The molecule has 2 nitrogen and oxygen atoms in total. The summed E-state index contributed by atoms with van der Waals surface area (Å²) < 4.78 is 5.32. The van der Waals surface area contributed by atoms with E-state index in [4.69, 9.17) is 4.74 Å². The normalized spacial score (nSPS) is 10.0. The van der Waals surface area contributed by atoms with Gasteiger partial charge in [0.15, 0.2) is 5.78 Å². The summed E-state index contributed by atoms with van der Waals surface area (Å²) in [6.07, 6.45) is 0. The zero-order valence-corrected chi connectivity index (χ0v) is 9.94. The third kappa shape index (κ3) is 2.36. The van der Waals surface area contributed by atoms with Gasteiger partial charge in [0, 0.05) is 11.1 Å². The highest BCUT2D eigenvalue weighted by Gasteiger charge is 2.06. The van der Waals surface area contributed by atoms with Gasteiger partial charge < -0.3 is 4.74 Å². The second-order valence-electron chi connectivity index (χ2n) is 3.84. The number of benzene rings is 2. The van der Waals surface area contributed by atoms with Crippen LogP contribution in [0.25, 0.3) is 11.1 Å². The zero-order chi connectivity index (χ0) is 12.3. The number of rotatable bonds is 3. The first-order chi connectivity index (χ1) is 8.22. The van der Waals surface area contributed by atoms with Crippen molar-refractivity contribution in [1.29, 1.82) is 0 Å². The summed E-state index contributed by atoms with van der Waals surface area (Å²) in [7, 11) is 1.65. The molecule has 0 bridgehead atoms. The number of carbonyl (C=O) groups excluding carboxylic acids is 1. The topological polar surface area (TPSA) is 26.3 Å². The van der Waals surface area contributed by atoms with Gasteiger partial charge in [0.2, 0.25) is 0 Å². The van der Waals surface area contributed by atoms with Crippen LogP contribution in [0.4, 0.5) is 0 Å². The number of Topliss-reactive ketones (excluding diaryl/α,β-unsaturated/α-hetero) is 1. The Morgan fingerprint density at radius 3 is 2.53 bits per heavy atom. The van der Waals surface area contributed by atoms with E-state index in [2.05, 4.69) is 0 Å². The minimum absolute atomic E-state index is 0.0711. The average molecular weight is 226 g/mol. The average Bonchev–Trinajstić information content (AvgIpc) is 2.39. The molecule has 0 atom stereocenters. The number of ketones is 1. The van der Waals surface area contributed by atoms with Gasteiger partial charge in [0.05, 0.1) is 7.11 Å². The van der Waals surface area contributed by atoms with Crippen LogP contribution in [-0.4, -0.2) is 12.9 Å². The Morgan fingerprint density at radius 1 is 1.06 bits per heavy atom. The number of carbonyl (C=O) groups is 1. The SMILES string of the molecule is COc1ccccc1-c1cccc(C(C)=O)c1. The molecule has 2 heteroatoms. The van der Waals surface area contributed by atoms with Crippen molar-refractivity contribution in [3.8, 4) is 16.9 Å². The maximum absolute atomic E-state index is 11.4. The molecule has 0 aliphatic heterocycles. The molecule has 0 aliphatic rings. The summed E-state index contributed by atoms with van der Waals surface area (Å²) in [6, 6.07) is 15.4. The van der Waals surface area contributed by atoms with E-state index < -0.39 is 0 Å². The fourth-order valence-corrected chi connectivity index (χ4v) is 1.79. The van der Waals surface area contributed by atoms with Crippen LogP contribution in [0.15, 0.2) is 48.5 Å². The summed E-state index contributed by atoms with van der Waals surface area (Å²) in [4.78, 5) is 11.4. The minimum Gasteiger partial charge on any atom is -0.496 e. The lowest BCUT2D eigenvalue weighted by atomic mass is 10.0. The fourth-order valence-electron chi connectivity index (χ4n) is 1.79. The van der Waals surface area contributed by atoms with Gasteiger partial charge in [-0.25, -0.2) is 0 Å². The molecule has 0 amide bonds. The summed E-state index contributed by atoms with van der Waals surface area (Å²) in [5, 5.41) is 0. The van der Waals surface area contributed by atoms with E-state index in [0.717, 1.165) is 16.9 Å². The molecule has 0 heterocycles. The van der Waals surface area contributed by atoms with Crippen molar-refractivity contribution < 1.29 is 9.53 Å². The molecule has 17 heavy (non-hydrogen) atoms. The second kappa shape index (κ2) is 4.83. The summed E-state index contributed by atoms with van der Waals surface area (Å²) in [5.41, 5.74) is 2.71. The van der Waals surface area contributed by atoms with Crippen molar-refractivity contribution in [3.05, 3.63) is 54.1 Å². The first kappa shape index (κ1) is 11.4. The lowest BCUT2D eigenvalue weighted by Gasteiger charge is -2.08. The van der Waals surface area contributed by atoms with Crippen LogP contribution in [0.3, 0.4) is 0 Å². The molecular weight excluding hydrogens is 212 g/mol. The van der Waals surface area contributed by atoms with Gasteiger partial charge >= 0.3 is 0 Å². The lowest BCUT2D eigenvalue weighted by Crippen LogP contribution is -1.93. The van der Waals surface area contributed by atoms with Gasteiger partial charge in [-0.3, -0.25) is 4.79 Å². The van der Waals surface area contributed by atoms with Crippen LogP contribution < -0.4 is 4.74 Å². The number of hydrogen-bond acceptors (Lipinski definition) is 2. The van der Waals surface area contributed by atoms with Crippen LogP contribution in [0.5, 0.6) is 5.75 Å². The Kier molecular flexibility index (Phi) is 3.24. The molecule has 0 aromatic heterocycles. The fraction of sp³-hybridized carbons (Fsp3) is 0.133. The van der Waals surface area contributed by atoms with Gasteiger partial charge in [-0.2, -0.15) is 0 Å². The third-order valence-electron chi connectivity index (χ3n) is 2.69. The second-order valence-corrected chi connectivity index (χ2v) is 3.84. The molecular formula is C15H14O2. The molecule has 2 rings (SSSR count). The quantitative estimate of drug-likeness (QED) is 0.748.